The number of likely N-dealkylation sites (tertiary alicyclic amines) is 1. The van der Waals surface area contributed by atoms with E-state index < -0.39 is 11.7 Å². The van der Waals surface area contributed by atoms with E-state index in [0.717, 1.165) is 24.2 Å². The van der Waals surface area contributed by atoms with Crippen LogP contribution in [0.2, 0.25) is 5.02 Å². The van der Waals surface area contributed by atoms with Crippen LogP contribution in [0.5, 0.6) is 0 Å². The molecule has 2 atom stereocenters. The molecule has 0 saturated carbocycles. The topological polar surface area (TPSA) is 76.4 Å². The van der Waals surface area contributed by atoms with Gasteiger partial charge in [0.1, 0.15) is 5.82 Å². The Balaban J connectivity index is 1.23. The number of amides is 2. The molecule has 2 amide bonds. The van der Waals surface area contributed by atoms with E-state index in [9.17, 15) is 19.2 Å². The summed E-state index contributed by atoms with van der Waals surface area (Å²) in [5.74, 6) is -1.08. The van der Waals surface area contributed by atoms with Crippen LogP contribution in [0.4, 0.5) is 4.39 Å². The zero-order valence-corrected chi connectivity index (χ0v) is 21.4. The second-order valence-corrected chi connectivity index (χ2v) is 10.0. The Morgan fingerprint density at radius 2 is 1.87 bits per heavy atom. The summed E-state index contributed by atoms with van der Waals surface area (Å²) in [5.41, 5.74) is 2.94. The molecule has 1 N–H and O–H groups in total. The summed E-state index contributed by atoms with van der Waals surface area (Å²) < 4.78 is 14.3. The molecule has 1 saturated heterocycles. The van der Waals surface area contributed by atoms with E-state index in [0.29, 0.717) is 30.6 Å². The van der Waals surface area contributed by atoms with Gasteiger partial charge >= 0.3 is 0 Å². The number of carbonyl (C=O) groups is 2. The first-order valence-corrected chi connectivity index (χ1v) is 12.8. The van der Waals surface area contributed by atoms with Gasteiger partial charge in [-0.15, -0.1) is 0 Å². The lowest BCUT2D eigenvalue weighted by molar-refractivity contribution is 0.0816. The second kappa shape index (κ2) is 11.2. The largest absolute Gasteiger partial charge is 0.345 e. The highest BCUT2D eigenvalue weighted by Crippen LogP contribution is 2.32. The third kappa shape index (κ3) is 5.47. The van der Waals surface area contributed by atoms with Crippen molar-refractivity contribution < 1.29 is 14.0 Å². The summed E-state index contributed by atoms with van der Waals surface area (Å²) in [6, 6.07) is 22.6. The van der Waals surface area contributed by atoms with Gasteiger partial charge in [0.15, 0.2) is 0 Å². The van der Waals surface area contributed by atoms with Crippen LogP contribution in [0, 0.1) is 23.1 Å². The zero-order valence-electron chi connectivity index (χ0n) is 20.6. The van der Waals surface area contributed by atoms with Crippen LogP contribution in [-0.2, 0) is 0 Å². The first-order valence-electron chi connectivity index (χ1n) is 12.5. The van der Waals surface area contributed by atoms with E-state index in [1.54, 1.807) is 29.2 Å². The van der Waals surface area contributed by atoms with Gasteiger partial charge in [-0.2, -0.15) is 5.26 Å². The number of rotatable bonds is 7. The standard InChI is InChI=1S/C30H26ClFN4O2/c31-25-10-5-11-26(32)28(25)30(38)36-18-23-16-35(17-24(23)19-36)13-12-27(21-7-2-1-3-8-21)34-29(37)22-9-4-6-20(14-22)15-33/h1-11,14,18,24,27H,12-13,16-17,19H2,(H,34,37)/t24?,27-/m0/s1. The quantitative estimate of drug-likeness (QED) is 0.458. The average Bonchev–Trinajstić information content (AvgIpc) is 3.50. The molecule has 0 bridgehead atoms. The molecule has 0 aromatic heterocycles. The molecule has 192 valence electrons. The Kier molecular flexibility index (Phi) is 7.54. The maximum atomic E-state index is 14.3. The van der Waals surface area contributed by atoms with Crippen LogP contribution in [-0.4, -0.2) is 47.8 Å². The summed E-state index contributed by atoms with van der Waals surface area (Å²) in [6.45, 7) is 2.72. The van der Waals surface area contributed by atoms with Gasteiger partial charge in [0.2, 0.25) is 0 Å². The lowest BCUT2D eigenvalue weighted by atomic mass is 10.0. The van der Waals surface area contributed by atoms with Crippen molar-refractivity contribution in [3.63, 3.8) is 0 Å². The highest BCUT2D eigenvalue weighted by molar-refractivity contribution is 6.33. The Bertz CT molecular complexity index is 1420. The van der Waals surface area contributed by atoms with Crippen LogP contribution < -0.4 is 5.32 Å². The molecule has 5 rings (SSSR count). The summed E-state index contributed by atoms with van der Waals surface area (Å²) in [5, 5.41) is 12.4. The summed E-state index contributed by atoms with van der Waals surface area (Å²) in [6.07, 6.45) is 2.52. The third-order valence-corrected chi connectivity index (χ3v) is 7.40. The Morgan fingerprint density at radius 1 is 1.08 bits per heavy atom. The average molecular weight is 529 g/mol. The molecule has 8 heteroatoms. The first-order chi connectivity index (χ1) is 18.4. The minimum Gasteiger partial charge on any atom is -0.345 e. The lowest BCUT2D eigenvalue weighted by Crippen LogP contribution is -2.33. The van der Waals surface area contributed by atoms with Crippen molar-refractivity contribution in [1.82, 2.24) is 15.1 Å². The number of halogens is 2. The fourth-order valence-corrected chi connectivity index (χ4v) is 5.38. The van der Waals surface area contributed by atoms with Crippen molar-refractivity contribution in [1.29, 1.82) is 5.26 Å². The fraction of sp³-hybridized carbons (Fsp3) is 0.233. The summed E-state index contributed by atoms with van der Waals surface area (Å²) in [4.78, 5) is 29.8. The molecule has 3 aromatic carbocycles. The minimum absolute atomic E-state index is 0.0930. The Hall–Kier alpha value is -3.99. The zero-order chi connectivity index (χ0) is 26.6. The van der Waals surface area contributed by atoms with Crippen LogP contribution in [0.1, 0.15) is 44.3 Å². The van der Waals surface area contributed by atoms with E-state index in [4.69, 9.17) is 11.6 Å². The predicted octanol–water partition coefficient (Wildman–Crippen LogP) is 5.18. The molecule has 2 heterocycles. The fourth-order valence-electron chi connectivity index (χ4n) is 5.14. The maximum Gasteiger partial charge on any atom is 0.262 e. The van der Waals surface area contributed by atoms with Crippen LogP contribution >= 0.6 is 11.6 Å². The Morgan fingerprint density at radius 3 is 2.61 bits per heavy atom. The molecule has 1 fully saturated rings. The molecule has 3 aromatic rings. The molecule has 2 aliphatic rings. The minimum atomic E-state index is -0.618. The number of hydrogen-bond acceptors (Lipinski definition) is 4. The molecule has 6 nitrogen and oxygen atoms in total. The number of carbonyl (C=O) groups excluding carboxylic acids is 2. The second-order valence-electron chi connectivity index (χ2n) is 9.61. The van der Waals surface area contributed by atoms with E-state index in [2.05, 4.69) is 16.3 Å². The number of nitrogens with zero attached hydrogens (tertiary/aromatic N) is 3. The number of nitriles is 1. The van der Waals surface area contributed by atoms with Crippen molar-refractivity contribution in [2.45, 2.75) is 12.5 Å². The molecule has 0 aliphatic carbocycles. The molecule has 0 radical (unpaired) electrons. The van der Waals surface area contributed by atoms with Crippen molar-refractivity contribution in [3.8, 4) is 6.07 Å². The van der Waals surface area contributed by atoms with Crippen molar-refractivity contribution in [3.05, 3.63) is 118 Å². The number of nitrogens with one attached hydrogen (secondary N) is 1. The smallest absolute Gasteiger partial charge is 0.262 e. The SMILES string of the molecule is N#Cc1cccc(C(=O)N[C@@H](CCN2CC3=CN(C(=O)c4c(F)cccc4Cl)CC3C2)c2ccccc2)c1. The van der Waals surface area contributed by atoms with Crippen LogP contribution in [0.15, 0.2) is 84.6 Å². The van der Waals surface area contributed by atoms with Crippen molar-refractivity contribution in [2.24, 2.45) is 5.92 Å². The summed E-state index contributed by atoms with van der Waals surface area (Å²) in [7, 11) is 0. The van der Waals surface area contributed by atoms with Gasteiger partial charge in [-0.3, -0.25) is 14.5 Å². The molecule has 38 heavy (non-hydrogen) atoms. The van der Waals surface area contributed by atoms with E-state index in [1.165, 1.54) is 18.2 Å². The molecule has 2 aliphatic heterocycles. The third-order valence-electron chi connectivity index (χ3n) is 7.08. The van der Waals surface area contributed by atoms with Crippen LogP contribution in [0.3, 0.4) is 0 Å². The van der Waals surface area contributed by atoms with Gasteiger partial charge in [-0.1, -0.05) is 54.1 Å². The highest BCUT2D eigenvalue weighted by atomic mass is 35.5. The van der Waals surface area contributed by atoms with Crippen LogP contribution in [0.25, 0.3) is 0 Å². The van der Waals surface area contributed by atoms with Gasteiger partial charge < -0.3 is 10.2 Å². The van der Waals surface area contributed by atoms with Gasteiger partial charge in [-0.05, 0) is 47.9 Å². The molecule has 1 unspecified atom stereocenters. The first kappa shape index (κ1) is 25.7. The van der Waals surface area contributed by atoms with Crippen molar-refractivity contribution >= 4 is 23.4 Å². The predicted molar refractivity (Wildman–Crippen MR) is 143 cm³/mol. The van der Waals surface area contributed by atoms with Crippen molar-refractivity contribution in [2.75, 3.05) is 26.2 Å². The number of fused-ring (bicyclic) bond motifs is 1. The van der Waals surface area contributed by atoms with Gasteiger partial charge in [0.25, 0.3) is 11.8 Å². The molecule has 0 spiro atoms. The van der Waals surface area contributed by atoms with E-state index in [1.807, 2.05) is 36.5 Å². The summed E-state index contributed by atoms with van der Waals surface area (Å²) >= 11 is 6.10. The number of hydrogen-bond donors (Lipinski definition) is 1. The van der Waals surface area contributed by atoms with E-state index >= 15 is 0 Å². The Labute approximate surface area is 225 Å². The monoisotopic (exact) mass is 528 g/mol. The molecular weight excluding hydrogens is 503 g/mol. The van der Waals surface area contributed by atoms with Gasteiger partial charge in [0.05, 0.1) is 28.3 Å². The molecular formula is C30H26ClFN4O2. The van der Waals surface area contributed by atoms with E-state index in [-0.39, 0.29) is 28.5 Å². The normalized spacial score (nSPS) is 17.4. The highest BCUT2D eigenvalue weighted by Gasteiger charge is 2.36. The van der Waals surface area contributed by atoms with Gasteiger partial charge in [-0.25, -0.2) is 4.39 Å². The number of benzene rings is 3. The maximum absolute atomic E-state index is 14.3. The van der Waals surface area contributed by atoms with Gasteiger partial charge in [0, 0.05) is 43.9 Å². The lowest BCUT2D eigenvalue weighted by Gasteiger charge is -2.24.